The monoisotopic (exact) mass is 524 g/mol. The molecule has 1 saturated carbocycles. The molecule has 4 nitrogen and oxygen atoms in total. The van der Waals surface area contributed by atoms with Gasteiger partial charge in [0.05, 0.1) is 16.6 Å². The van der Waals surface area contributed by atoms with Crippen molar-refractivity contribution in [3.05, 3.63) is 70.8 Å². The van der Waals surface area contributed by atoms with Gasteiger partial charge in [0.25, 0.3) is 0 Å². The molecule has 2 N–H and O–H groups in total. The third-order valence-corrected chi connectivity index (χ3v) is 8.22. The van der Waals surface area contributed by atoms with Gasteiger partial charge in [0.2, 0.25) is 5.91 Å². The third-order valence-electron chi connectivity index (χ3n) is 8.22. The Morgan fingerprint density at radius 1 is 1.03 bits per heavy atom. The number of hydrogen-bond donors (Lipinski definition) is 2. The summed E-state index contributed by atoms with van der Waals surface area (Å²) < 4.78 is 66.2. The lowest BCUT2D eigenvalue weighted by atomic mass is 9.71. The normalized spacial score (nSPS) is 23.8. The fraction of sp³-hybridized carbons (Fsp3) is 0.536. The molecule has 9 heteroatoms. The van der Waals surface area contributed by atoms with Crippen LogP contribution in [0.5, 0.6) is 0 Å². The van der Waals surface area contributed by atoms with Gasteiger partial charge in [-0.25, -0.2) is 8.78 Å². The summed E-state index contributed by atoms with van der Waals surface area (Å²) in [4.78, 5) is 15.7. The van der Waals surface area contributed by atoms with Crippen molar-refractivity contribution < 1.29 is 31.9 Å². The van der Waals surface area contributed by atoms with E-state index in [9.17, 15) is 31.9 Å². The molecule has 1 heterocycles. The smallest absolute Gasteiger partial charge is 0.389 e. The summed E-state index contributed by atoms with van der Waals surface area (Å²) in [6.45, 7) is 4.53. The number of likely N-dealkylation sites (tertiary alicyclic amines) is 1. The molecule has 1 aliphatic heterocycles. The first-order chi connectivity index (χ1) is 17.3. The highest BCUT2D eigenvalue weighted by Crippen LogP contribution is 2.49. The summed E-state index contributed by atoms with van der Waals surface area (Å²) >= 11 is 0. The Morgan fingerprint density at radius 2 is 1.68 bits per heavy atom. The van der Waals surface area contributed by atoms with E-state index >= 15 is 0 Å². The van der Waals surface area contributed by atoms with E-state index in [0.29, 0.717) is 31.2 Å². The second-order valence-electron chi connectivity index (χ2n) is 10.9. The van der Waals surface area contributed by atoms with Crippen molar-refractivity contribution in [1.82, 2.24) is 10.2 Å². The van der Waals surface area contributed by atoms with Gasteiger partial charge in [0.15, 0.2) is 0 Å². The number of carbonyl (C=O) groups is 1. The first kappa shape index (κ1) is 27.5. The predicted octanol–water partition coefficient (Wildman–Crippen LogP) is 5.79. The van der Waals surface area contributed by atoms with Gasteiger partial charge in [0.1, 0.15) is 11.6 Å². The van der Waals surface area contributed by atoms with Crippen molar-refractivity contribution >= 4 is 5.91 Å². The highest BCUT2D eigenvalue weighted by molar-refractivity contribution is 5.84. The standard InChI is InChI=1S/C28H33F5N2O2/c1-26(2,37)27(25(36)34-17-18-13-21(28(31,32)33)15-23(30)14-18)10-7-24(16-27)35-11-8-20(9-12-35)19-3-5-22(29)6-4-19/h3-6,13-15,20,24,37H,7-12,16-17H2,1-2H3,(H,34,36)/t24?,27-/m1/s1. The molecule has 1 amide bonds. The van der Waals surface area contributed by atoms with Crippen LogP contribution in [0.4, 0.5) is 22.0 Å². The molecule has 0 bridgehead atoms. The molecule has 0 aromatic heterocycles. The molecule has 2 fully saturated rings. The summed E-state index contributed by atoms with van der Waals surface area (Å²) in [5.41, 5.74) is -2.48. The van der Waals surface area contributed by atoms with Crippen LogP contribution in [0.1, 0.15) is 68.6 Å². The molecule has 2 atom stereocenters. The number of rotatable bonds is 6. The quantitative estimate of drug-likeness (QED) is 0.471. The van der Waals surface area contributed by atoms with Crippen LogP contribution in [-0.4, -0.2) is 40.6 Å². The fourth-order valence-electron chi connectivity index (χ4n) is 5.97. The average molecular weight is 525 g/mol. The van der Waals surface area contributed by atoms with Crippen molar-refractivity contribution in [3.63, 3.8) is 0 Å². The van der Waals surface area contributed by atoms with Crippen LogP contribution in [-0.2, 0) is 17.5 Å². The molecule has 1 saturated heterocycles. The summed E-state index contributed by atoms with van der Waals surface area (Å²) in [7, 11) is 0. The number of alkyl halides is 3. The van der Waals surface area contributed by atoms with E-state index in [1.165, 1.54) is 12.1 Å². The Balaban J connectivity index is 1.41. The Morgan fingerprint density at radius 3 is 2.27 bits per heavy atom. The van der Waals surface area contributed by atoms with Crippen LogP contribution in [0, 0.1) is 17.0 Å². The number of aliphatic hydroxyl groups is 1. The van der Waals surface area contributed by atoms with E-state index < -0.39 is 34.5 Å². The van der Waals surface area contributed by atoms with Gasteiger partial charge in [-0.3, -0.25) is 4.79 Å². The first-order valence-corrected chi connectivity index (χ1v) is 12.7. The lowest BCUT2D eigenvalue weighted by molar-refractivity contribution is -0.147. The second-order valence-corrected chi connectivity index (χ2v) is 10.9. The molecular formula is C28H33F5N2O2. The van der Waals surface area contributed by atoms with Gasteiger partial charge in [0, 0.05) is 12.6 Å². The molecule has 1 unspecified atom stereocenters. The van der Waals surface area contributed by atoms with Crippen LogP contribution >= 0.6 is 0 Å². The number of nitrogens with one attached hydrogen (secondary N) is 1. The SMILES string of the molecule is CC(C)(O)[C@]1(C(=O)NCc2cc(F)cc(C(F)(F)F)c2)CCC(N2CCC(c3ccc(F)cc3)CC2)C1. The van der Waals surface area contributed by atoms with E-state index in [1.54, 1.807) is 13.8 Å². The zero-order valence-corrected chi connectivity index (χ0v) is 21.0. The van der Waals surface area contributed by atoms with E-state index in [1.807, 2.05) is 12.1 Å². The van der Waals surface area contributed by atoms with Crippen LogP contribution in [0.2, 0.25) is 0 Å². The van der Waals surface area contributed by atoms with Gasteiger partial charge in [-0.05, 0) is 106 Å². The van der Waals surface area contributed by atoms with Crippen LogP contribution < -0.4 is 5.32 Å². The van der Waals surface area contributed by atoms with Crippen molar-refractivity contribution in [2.45, 2.75) is 76.2 Å². The third kappa shape index (κ3) is 5.98. The van der Waals surface area contributed by atoms with E-state index in [4.69, 9.17) is 0 Å². The highest BCUT2D eigenvalue weighted by atomic mass is 19.4. The van der Waals surface area contributed by atoms with Crippen LogP contribution in [0.3, 0.4) is 0 Å². The molecule has 1 aliphatic carbocycles. The molecule has 202 valence electrons. The highest BCUT2D eigenvalue weighted by Gasteiger charge is 2.55. The Bertz CT molecular complexity index is 1110. The molecule has 2 aromatic carbocycles. The number of benzene rings is 2. The maximum absolute atomic E-state index is 13.8. The number of nitrogens with zero attached hydrogens (tertiary/aromatic N) is 1. The second kappa shape index (κ2) is 10.3. The summed E-state index contributed by atoms with van der Waals surface area (Å²) in [6, 6.07) is 8.89. The number of amides is 1. The van der Waals surface area contributed by atoms with E-state index in [-0.39, 0.29) is 24.0 Å². The number of halogens is 5. The molecule has 2 aliphatic rings. The van der Waals surface area contributed by atoms with Crippen molar-refractivity contribution in [3.8, 4) is 0 Å². The van der Waals surface area contributed by atoms with E-state index in [2.05, 4.69) is 10.2 Å². The lowest BCUT2D eigenvalue weighted by Crippen LogP contribution is -2.53. The van der Waals surface area contributed by atoms with Crippen molar-refractivity contribution in [2.75, 3.05) is 13.1 Å². The average Bonchev–Trinajstić information content (AvgIpc) is 3.30. The molecular weight excluding hydrogens is 491 g/mol. The number of carbonyl (C=O) groups excluding carboxylic acids is 1. The topological polar surface area (TPSA) is 52.6 Å². The minimum absolute atomic E-state index is 0.00369. The molecule has 2 aromatic rings. The van der Waals surface area contributed by atoms with Crippen LogP contribution in [0.15, 0.2) is 42.5 Å². The van der Waals surface area contributed by atoms with Gasteiger partial charge >= 0.3 is 6.18 Å². The zero-order valence-electron chi connectivity index (χ0n) is 21.0. The number of hydrogen-bond acceptors (Lipinski definition) is 3. The molecule has 37 heavy (non-hydrogen) atoms. The zero-order chi connectivity index (χ0) is 27.0. The van der Waals surface area contributed by atoms with E-state index in [0.717, 1.165) is 43.6 Å². The van der Waals surface area contributed by atoms with Gasteiger partial charge < -0.3 is 15.3 Å². The largest absolute Gasteiger partial charge is 0.416 e. The number of piperidine rings is 1. The maximum atomic E-state index is 13.8. The lowest BCUT2D eigenvalue weighted by Gasteiger charge is -2.41. The fourth-order valence-corrected chi connectivity index (χ4v) is 5.97. The van der Waals surface area contributed by atoms with Gasteiger partial charge in [-0.15, -0.1) is 0 Å². The molecule has 0 spiro atoms. The molecule has 4 rings (SSSR count). The first-order valence-electron chi connectivity index (χ1n) is 12.7. The minimum Gasteiger partial charge on any atom is -0.389 e. The summed E-state index contributed by atoms with van der Waals surface area (Å²) in [6.07, 6.45) is -1.33. The maximum Gasteiger partial charge on any atom is 0.416 e. The Kier molecular flexibility index (Phi) is 7.68. The summed E-state index contributed by atoms with van der Waals surface area (Å²) in [5.74, 6) is -1.39. The van der Waals surface area contributed by atoms with Crippen LogP contribution in [0.25, 0.3) is 0 Å². The van der Waals surface area contributed by atoms with Gasteiger partial charge in [-0.1, -0.05) is 12.1 Å². The Hall–Kier alpha value is -2.52. The molecule has 0 radical (unpaired) electrons. The minimum atomic E-state index is -4.70. The summed E-state index contributed by atoms with van der Waals surface area (Å²) in [5, 5.41) is 13.7. The Labute approximate surface area is 213 Å². The van der Waals surface area contributed by atoms with Crippen molar-refractivity contribution in [1.29, 1.82) is 0 Å². The van der Waals surface area contributed by atoms with Gasteiger partial charge in [-0.2, -0.15) is 13.2 Å². The van der Waals surface area contributed by atoms with Crippen molar-refractivity contribution in [2.24, 2.45) is 5.41 Å². The predicted molar refractivity (Wildman–Crippen MR) is 130 cm³/mol.